The van der Waals surface area contributed by atoms with Crippen molar-refractivity contribution in [2.75, 3.05) is 6.61 Å². The zero-order chi connectivity index (χ0) is 21.5. The minimum atomic E-state index is -0.747. The maximum atomic E-state index is 12.1. The fourth-order valence-electron chi connectivity index (χ4n) is 2.64. The maximum absolute atomic E-state index is 12.1. The van der Waals surface area contributed by atoms with Crippen LogP contribution in [0.4, 0.5) is 5.69 Å². The summed E-state index contributed by atoms with van der Waals surface area (Å²) >= 11 is 7.44. The highest BCUT2D eigenvalue weighted by Gasteiger charge is 2.17. The van der Waals surface area contributed by atoms with Gasteiger partial charge in [0.15, 0.2) is 11.4 Å². The number of hydrogen-bond acceptors (Lipinski definition) is 6. The van der Waals surface area contributed by atoms with E-state index in [-0.39, 0.29) is 17.7 Å². The predicted molar refractivity (Wildman–Crippen MR) is 111 cm³/mol. The number of thiazole rings is 1. The van der Waals surface area contributed by atoms with E-state index >= 15 is 0 Å². The number of nitro benzene ring substituents is 1. The Morgan fingerprint density at radius 3 is 2.57 bits per heavy atom. The minimum Gasteiger partial charge on any atom is -0.455 e. The minimum absolute atomic E-state index is 0.176. The molecule has 154 valence electrons. The Morgan fingerprint density at radius 1 is 1.13 bits per heavy atom. The van der Waals surface area contributed by atoms with Crippen molar-refractivity contribution in [2.45, 2.75) is 13.0 Å². The van der Waals surface area contributed by atoms with E-state index in [1.807, 2.05) is 18.2 Å². The zero-order valence-electron chi connectivity index (χ0n) is 15.6. The average Bonchev–Trinajstić information content (AvgIpc) is 3.15. The van der Waals surface area contributed by atoms with Crippen molar-refractivity contribution in [3.8, 4) is 0 Å². The smallest absolute Gasteiger partial charge is 0.311 e. The standard InChI is InChI=1S/C20H16ClN3O5S/c21-16-7-3-1-6-15(16)12-23-9-10-30-20(23)22-18(25)13-29-19(26)11-14-5-2-4-8-17(14)24(27)28/h1-10H,11-13H2. The van der Waals surface area contributed by atoms with Gasteiger partial charge >= 0.3 is 5.97 Å². The van der Waals surface area contributed by atoms with E-state index in [0.717, 1.165) is 5.56 Å². The maximum Gasteiger partial charge on any atom is 0.311 e. The SMILES string of the molecule is O=C(COC(=O)Cc1ccccc1[N+](=O)[O-])N=c1sccn1Cc1ccccc1Cl. The van der Waals surface area contributed by atoms with Crippen LogP contribution in [0.2, 0.25) is 5.02 Å². The number of nitrogens with zero attached hydrogens (tertiary/aromatic N) is 3. The number of esters is 1. The number of benzene rings is 2. The second-order valence-corrected chi connectivity index (χ2v) is 7.41. The van der Waals surface area contributed by atoms with Crippen LogP contribution in [0.15, 0.2) is 65.1 Å². The lowest BCUT2D eigenvalue weighted by Gasteiger charge is -2.05. The highest BCUT2D eigenvalue weighted by molar-refractivity contribution is 7.07. The second kappa shape index (κ2) is 9.95. The third-order valence-electron chi connectivity index (χ3n) is 4.06. The molecule has 0 atom stereocenters. The summed E-state index contributed by atoms with van der Waals surface area (Å²) in [7, 11) is 0. The highest BCUT2D eigenvalue weighted by Crippen LogP contribution is 2.18. The van der Waals surface area contributed by atoms with Crippen LogP contribution in [0.3, 0.4) is 0 Å². The summed E-state index contributed by atoms with van der Waals surface area (Å²) in [5.41, 5.74) is 0.916. The van der Waals surface area contributed by atoms with Crippen molar-refractivity contribution in [2.24, 2.45) is 4.99 Å². The van der Waals surface area contributed by atoms with E-state index in [9.17, 15) is 19.7 Å². The number of carbonyl (C=O) groups excluding carboxylic acids is 2. The lowest BCUT2D eigenvalue weighted by Crippen LogP contribution is -2.20. The first-order valence-corrected chi connectivity index (χ1v) is 10.0. The summed E-state index contributed by atoms with van der Waals surface area (Å²) in [4.78, 5) is 39.0. The molecule has 0 aliphatic rings. The molecule has 0 saturated carbocycles. The van der Waals surface area contributed by atoms with Crippen molar-refractivity contribution in [3.63, 3.8) is 0 Å². The number of para-hydroxylation sites is 1. The molecule has 30 heavy (non-hydrogen) atoms. The van der Waals surface area contributed by atoms with Crippen molar-refractivity contribution >= 4 is 40.5 Å². The molecular formula is C20H16ClN3O5S. The van der Waals surface area contributed by atoms with E-state index < -0.39 is 23.4 Å². The third kappa shape index (κ3) is 5.62. The summed E-state index contributed by atoms with van der Waals surface area (Å²) in [5.74, 6) is -1.38. The van der Waals surface area contributed by atoms with Crippen molar-refractivity contribution in [1.29, 1.82) is 0 Å². The molecule has 8 nitrogen and oxygen atoms in total. The van der Waals surface area contributed by atoms with E-state index in [2.05, 4.69) is 4.99 Å². The largest absolute Gasteiger partial charge is 0.455 e. The van der Waals surface area contributed by atoms with Crippen LogP contribution >= 0.6 is 22.9 Å². The molecule has 3 aromatic rings. The first kappa shape index (κ1) is 21.4. The summed E-state index contributed by atoms with van der Waals surface area (Å²) in [5, 5.41) is 13.4. The average molecular weight is 446 g/mol. The van der Waals surface area contributed by atoms with E-state index in [0.29, 0.717) is 16.4 Å². The zero-order valence-corrected chi connectivity index (χ0v) is 17.1. The third-order valence-corrected chi connectivity index (χ3v) is 5.22. The first-order chi connectivity index (χ1) is 14.4. The van der Waals surface area contributed by atoms with Crippen LogP contribution in [-0.2, 0) is 27.3 Å². The molecule has 0 bridgehead atoms. The van der Waals surface area contributed by atoms with Gasteiger partial charge in [-0.15, -0.1) is 11.3 Å². The van der Waals surface area contributed by atoms with Crippen LogP contribution in [0, 0.1) is 10.1 Å². The molecule has 0 radical (unpaired) electrons. The molecule has 0 saturated heterocycles. The summed E-state index contributed by atoms with van der Waals surface area (Å²) < 4.78 is 6.70. The van der Waals surface area contributed by atoms with Crippen molar-refractivity contribution < 1.29 is 19.2 Å². The van der Waals surface area contributed by atoms with Gasteiger partial charge < -0.3 is 9.30 Å². The van der Waals surface area contributed by atoms with E-state index in [4.69, 9.17) is 16.3 Å². The number of aromatic nitrogens is 1. The van der Waals surface area contributed by atoms with Gasteiger partial charge in [0.05, 0.1) is 17.9 Å². The number of carbonyl (C=O) groups is 2. The second-order valence-electron chi connectivity index (χ2n) is 6.13. The Hall–Kier alpha value is -3.30. The van der Waals surface area contributed by atoms with Gasteiger partial charge in [-0.1, -0.05) is 48.0 Å². The van der Waals surface area contributed by atoms with Gasteiger partial charge in [-0.25, -0.2) is 0 Å². The van der Waals surface area contributed by atoms with Crippen LogP contribution in [0.1, 0.15) is 11.1 Å². The van der Waals surface area contributed by atoms with Crippen LogP contribution in [0.25, 0.3) is 0 Å². The van der Waals surface area contributed by atoms with Crippen LogP contribution < -0.4 is 4.80 Å². The normalized spacial score (nSPS) is 11.3. The Kier molecular flexibility index (Phi) is 7.10. The van der Waals surface area contributed by atoms with Gasteiger partial charge in [0.25, 0.3) is 11.6 Å². The van der Waals surface area contributed by atoms with Gasteiger partial charge in [-0.3, -0.25) is 19.7 Å². The fraction of sp³-hybridized carbons (Fsp3) is 0.150. The number of nitro groups is 1. The van der Waals surface area contributed by atoms with Gasteiger partial charge in [-0.05, 0) is 11.6 Å². The molecule has 0 N–H and O–H groups in total. The number of rotatable bonds is 7. The molecule has 0 aliphatic heterocycles. The number of amides is 1. The molecule has 0 aliphatic carbocycles. The Labute approximate surface area is 180 Å². The fourth-order valence-corrected chi connectivity index (χ4v) is 3.58. The van der Waals surface area contributed by atoms with Crippen LogP contribution in [-0.4, -0.2) is 28.0 Å². The number of hydrogen-bond donors (Lipinski definition) is 0. The predicted octanol–water partition coefficient (Wildman–Crippen LogP) is 3.37. The lowest BCUT2D eigenvalue weighted by atomic mass is 10.1. The molecule has 2 aromatic carbocycles. The first-order valence-electron chi connectivity index (χ1n) is 8.77. The number of ether oxygens (including phenoxy) is 1. The van der Waals surface area contributed by atoms with Gasteiger partial charge in [0.1, 0.15) is 0 Å². The van der Waals surface area contributed by atoms with E-state index in [1.165, 1.54) is 29.5 Å². The monoisotopic (exact) mass is 445 g/mol. The molecular weight excluding hydrogens is 430 g/mol. The topological polar surface area (TPSA) is 104 Å². The van der Waals surface area contributed by atoms with Crippen molar-refractivity contribution in [3.05, 3.63) is 91.2 Å². The molecule has 1 heterocycles. The van der Waals surface area contributed by atoms with Gasteiger partial charge in [0, 0.05) is 28.2 Å². The molecule has 1 amide bonds. The summed E-state index contributed by atoms with van der Waals surface area (Å²) in [6.45, 7) is -0.115. The number of halogens is 1. The molecule has 3 rings (SSSR count). The quantitative estimate of drug-likeness (QED) is 0.315. The molecule has 0 fully saturated rings. The van der Waals surface area contributed by atoms with Gasteiger partial charge in [0.2, 0.25) is 0 Å². The Balaban J connectivity index is 1.62. The molecule has 1 aromatic heterocycles. The molecule has 0 unspecified atom stereocenters. The summed E-state index contributed by atoms with van der Waals surface area (Å²) in [6, 6.07) is 13.2. The van der Waals surface area contributed by atoms with E-state index in [1.54, 1.807) is 28.3 Å². The Bertz CT molecular complexity index is 1150. The van der Waals surface area contributed by atoms with Gasteiger partial charge in [-0.2, -0.15) is 4.99 Å². The Morgan fingerprint density at radius 2 is 1.83 bits per heavy atom. The van der Waals surface area contributed by atoms with Crippen LogP contribution in [0.5, 0.6) is 0 Å². The lowest BCUT2D eigenvalue weighted by molar-refractivity contribution is -0.385. The highest BCUT2D eigenvalue weighted by atomic mass is 35.5. The molecule has 0 spiro atoms. The summed E-state index contributed by atoms with van der Waals surface area (Å²) in [6.07, 6.45) is 1.47. The van der Waals surface area contributed by atoms with Crippen molar-refractivity contribution in [1.82, 2.24) is 4.57 Å². The molecule has 10 heteroatoms.